The van der Waals surface area contributed by atoms with E-state index >= 15 is 0 Å². The first-order valence-corrected chi connectivity index (χ1v) is 6.07. The van der Waals surface area contributed by atoms with Gasteiger partial charge in [0, 0.05) is 20.0 Å². The minimum Gasteiger partial charge on any atom is -0.419 e. The number of halogens is 1. The highest BCUT2D eigenvalue weighted by Gasteiger charge is 2.39. The molecule has 0 atom stereocenters. The summed E-state index contributed by atoms with van der Waals surface area (Å²) >= 11 is 0. The zero-order valence-electron chi connectivity index (χ0n) is 11.6. The topological polar surface area (TPSA) is 108 Å². The fourth-order valence-electron chi connectivity index (χ4n) is 1.75. The molecule has 1 N–H and O–H groups in total. The summed E-state index contributed by atoms with van der Waals surface area (Å²) in [5.74, 6) is -4.35. The number of benzene rings is 1. The van der Waals surface area contributed by atoms with Crippen molar-refractivity contribution >= 4 is 23.3 Å². The molecule has 8 nitrogen and oxygen atoms in total. The van der Waals surface area contributed by atoms with E-state index in [4.69, 9.17) is 9.47 Å². The molecule has 9 heteroatoms. The van der Waals surface area contributed by atoms with Crippen molar-refractivity contribution in [1.29, 1.82) is 0 Å². The molecule has 2 rings (SSSR count). The molecule has 0 unspecified atom stereocenters. The average Bonchev–Trinajstić information content (AvgIpc) is 2.35. The van der Waals surface area contributed by atoms with Crippen LogP contribution in [0.25, 0.3) is 0 Å². The summed E-state index contributed by atoms with van der Waals surface area (Å²) in [7, 11) is 0. The normalized spacial score (nSPS) is 16.6. The van der Waals surface area contributed by atoms with Crippen LogP contribution in [0.4, 0.5) is 15.8 Å². The fourth-order valence-corrected chi connectivity index (χ4v) is 1.75. The molecule has 0 radical (unpaired) electrons. The quantitative estimate of drug-likeness (QED) is 0.298. The monoisotopic (exact) mass is 310 g/mol. The summed E-state index contributed by atoms with van der Waals surface area (Å²) in [5, 5.41) is 13.2. The lowest BCUT2D eigenvalue weighted by Gasteiger charge is -2.29. The predicted molar refractivity (Wildman–Crippen MR) is 71.0 cm³/mol. The predicted octanol–water partition coefficient (Wildman–Crippen LogP) is 1.87. The molecular formula is C13H11FN2O6. The van der Waals surface area contributed by atoms with Gasteiger partial charge in [-0.1, -0.05) is 6.07 Å². The van der Waals surface area contributed by atoms with Crippen LogP contribution in [0.5, 0.6) is 0 Å². The van der Waals surface area contributed by atoms with Gasteiger partial charge in [-0.15, -0.1) is 0 Å². The van der Waals surface area contributed by atoms with E-state index in [0.717, 1.165) is 12.3 Å². The van der Waals surface area contributed by atoms with Gasteiger partial charge in [0.2, 0.25) is 5.82 Å². The molecule has 1 aromatic carbocycles. The number of cyclic esters (lactones) is 2. The Hall–Kier alpha value is -2.97. The van der Waals surface area contributed by atoms with Gasteiger partial charge in [-0.25, -0.2) is 9.59 Å². The van der Waals surface area contributed by atoms with Crippen LogP contribution in [0.3, 0.4) is 0 Å². The van der Waals surface area contributed by atoms with Crippen LogP contribution in [0.1, 0.15) is 13.8 Å². The lowest BCUT2D eigenvalue weighted by molar-refractivity contribution is -0.386. The van der Waals surface area contributed by atoms with Crippen LogP contribution in [-0.4, -0.2) is 22.6 Å². The van der Waals surface area contributed by atoms with Crippen LogP contribution in [0, 0.1) is 15.9 Å². The van der Waals surface area contributed by atoms with Crippen molar-refractivity contribution in [3.05, 3.63) is 45.9 Å². The van der Waals surface area contributed by atoms with Gasteiger partial charge in [0.1, 0.15) is 5.69 Å². The zero-order chi connectivity index (χ0) is 16.5. The Bertz CT molecular complexity index is 676. The number of anilines is 1. The maximum Gasteiger partial charge on any atom is 0.350 e. The van der Waals surface area contributed by atoms with Crippen LogP contribution in [-0.2, 0) is 19.1 Å². The fraction of sp³-hybridized carbons (Fsp3) is 0.231. The van der Waals surface area contributed by atoms with Crippen LogP contribution >= 0.6 is 0 Å². The molecule has 1 aromatic rings. The van der Waals surface area contributed by atoms with Crippen molar-refractivity contribution in [3.8, 4) is 0 Å². The van der Waals surface area contributed by atoms with E-state index in [1.165, 1.54) is 26.0 Å². The van der Waals surface area contributed by atoms with Gasteiger partial charge in [-0.2, -0.15) is 4.39 Å². The largest absolute Gasteiger partial charge is 0.419 e. The summed E-state index contributed by atoms with van der Waals surface area (Å²) in [6.07, 6.45) is 0.877. The van der Waals surface area contributed by atoms with Gasteiger partial charge in [-0.3, -0.25) is 10.1 Å². The van der Waals surface area contributed by atoms with Gasteiger partial charge >= 0.3 is 17.6 Å². The Morgan fingerprint density at radius 2 is 1.86 bits per heavy atom. The molecule has 0 spiro atoms. The molecule has 116 valence electrons. The van der Waals surface area contributed by atoms with Crippen molar-refractivity contribution in [2.24, 2.45) is 0 Å². The summed E-state index contributed by atoms with van der Waals surface area (Å²) in [5.41, 5.74) is -1.52. The van der Waals surface area contributed by atoms with E-state index in [1.54, 1.807) is 0 Å². The maximum absolute atomic E-state index is 13.4. The first-order chi connectivity index (χ1) is 10.2. The number of nitrogens with one attached hydrogen (secondary N) is 1. The molecule has 0 saturated carbocycles. The van der Waals surface area contributed by atoms with Crippen LogP contribution in [0.15, 0.2) is 30.0 Å². The molecule has 1 aliphatic rings. The molecule has 1 saturated heterocycles. The molecule has 0 amide bonds. The van der Waals surface area contributed by atoms with E-state index < -0.39 is 39.7 Å². The zero-order valence-corrected chi connectivity index (χ0v) is 11.6. The maximum atomic E-state index is 13.4. The number of ether oxygens (including phenoxy) is 2. The van der Waals surface area contributed by atoms with E-state index in [2.05, 4.69) is 5.32 Å². The molecule has 0 aromatic heterocycles. The second-order valence-corrected chi connectivity index (χ2v) is 4.77. The highest BCUT2D eigenvalue weighted by Crippen LogP contribution is 2.28. The summed E-state index contributed by atoms with van der Waals surface area (Å²) in [6.45, 7) is 2.76. The van der Waals surface area contributed by atoms with E-state index in [1.807, 2.05) is 0 Å². The number of para-hydroxylation sites is 1. The third-order valence-corrected chi connectivity index (χ3v) is 2.66. The van der Waals surface area contributed by atoms with Gasteiger partial charge in [-0.05, 0) is 12.1 Å². The number of nitro benzene ring substituents is 1. The van der Waals surface area contributed by atoms with Crippen molar-refractivity contribution in [1.82, 2.24) is 0 Å². The number of esters is 2. The first kappa shape index (κ1) is 15.4. The van der Waals surface area contributed by atoms with Crippen LogP contribution < -0.4 is 5.32 Å². The standard InChI is InChI=1S/C13H11FN2O6/c1-13(2)21-11(17)7(12(18)22-13)6-15-9-5-3-4-8(14)10(9)16(19)20/h3-6,15H,1-2H3. The Morgan fingerprint density at radius 3 is 2.41 bits per heavy atom. The second-order valence-electron chi connectivity index (χ2n) is 4.77. The number of rotatable bonds is 3. The molecule has 1 fully saturated rings. The second kappa shape index (κ2) is 5.43. The number of nitrogens with zero attached hydrogens (tertiary/aromatic N) is 1. The van der Waals surface area contributed by atoms with Gasteiger partial charge in [0.15, 0.2) is 5.57 Å². The molecule has 0 aliphatic carbocycles. The van der Waals surface area contributed by atoms with Crippen LogP contribution in [0.2, 0.25) is 0 Å². The number of carbonyl (C=O) groups is 2. The van der Waals surface area contributed by atoms with E-state index in [0.29, 0.717) is 0 Å². The highest BCUT2D eigenvalue weighted by atomic mass is 19.1. The molecule has 22 heavy (non-hydrogen) atoms. The third kappa shape index (κ3) is 3.03. The van der Waals surface area contributed by atoms with E-state index in [-0.39, 0.29) is 5.69 Å². The number of hydrogen-bond acceptors (Lipinski definition) is 7. The number of nitro groups is 1. The summed E-state index contributed by atoms with van der Waals surface area (Å²) < 4.78 is 23.1. The third-order valence-electron chi connectivity index (χ3n) is 2.66. The van der Waals surface area contributed by atoms with Crippen molar-refractivity contribution < 1.29 is 28.4 Å². The Balaban J connectivity index is 2.30. The van der Waals surface area contributed by atoms with Gasteiger partial charge in [0.05, 0.1) is 4.92 Å². The van der Waals surface area contributed by atoms with Crippen molar-refractivity contribution in [2.45, 2.75) is 19.6 Å². The van der Waals surface area contributed by atoms with Gasteiger partial charge in [0.25, 0.3) is 5.79 Å². The average molecular weight is 310 g/mol. The van der Waals surface area contributed by atoms with Crippen molar-refractivity contribution in [2.75, 3.05) is 5.32 Å². The SMILES string of the molecule is CC1(C)OC(=O)C(=CNc2cccc(F)c2[N+](=O)[O-])C(=O)O1. The Kier molecular flexibility index (Phi) is 3.81. The molecular weight excluding hydrogens is 299 g/mol. The minimum absolute atomic E-state index is 0.220. The molecule has 1 aliphatic heterocycles. The van der Waals surface area contributed by atoms with Crippen molar-refractivity contribution in [3.63, 3.8) is 0 Å². The minimum atomic E-state index is -1.39. The van der Waals surface area contributed by atoms with Gasteiger partial charge < -0.3 is 14.8 Å². The molecule has 1 heterocycles. The summed E-state index contributed by atoms with van der Waals surface area (Å²) in [6, 6.07) is 3.38. The molecule has 0 bridgehead atoms. The highest BCUT2D eigenvalue weighted by molar-refractivity contribution is 6.15. The summed E-state index contributed by atoms with van der Waals surface area (Å²) in [4.78, 5) is 33.3. The van der Waals surface area contributed by atoms with E-state index in [9.17, 15) is 24.1 Å². The number of carbonyl (C=O) groups excluding carboxylic acids is 2. The lowest BCUT2D eigenvalue weighted by atomic mass is 10.2. The smallest absolute Gasteiger partial charge is 0.350 e. The Labute approximate surface area is 123 Å². The lowest BCUT2D eigenvalue weighted by Crippen LogP contribution is -2.42. The number of hydrogen-bond donors (Lipinski definition) is 1. The Morgan fingerprint density at radius 1 is 1.27 bits per heavy atom. The first-order valence-electron chi connectivity index (χ1n) is 6.07.